The third-order valence-electron chi connectivity index (χ3n) is 1.95. The zero-order chi connectivity index (χ0) is 10.1. The number of nitrogens with two attached hydrogens (primary N) is 1. The van der Waals surface area contributed by atoms with E-state index in [1.807, 2.05) is 13.1 Å². The molecule has 2 rings (SSSR count). The summed E-state index contributed by atoms with van der Waals surface area (Å²) in [6.07, 6.45) is 1.49. The number of halogens is 1. The Morgan fingerprint density at radius 1 is 1.43 bits per heavy atom. The summed E-state index contributed by atoms with van der Waals surface area (Å²) in [6, 6.07) is 5.32. The molecule has 5 heteroatoms. The largest absolute Gasteiger partial charge is 0.399 e. The van der Waals surface area contributed by atoms with Crippen LogP contribution >= 0.6 is 11.6 Å². The summed E-state index contributed by atoms with van der Waals surface area (Å²) in [7, 11) is 1.81. The van der Waals surface area contributed by atoms with Gasteiger partial charge in [-0.25, -0.2) is 9.67 Å². The first-order valence-electron chi connectivity index (χ1n) is 4.08. The SMILES string of the molecule is Cn1ncnc1-c1ccc(N)cc1Cl. The number of aromatic nitrogens is 3. The normalized spacial score (nSPS) is 10.4. The van der Waals surface area contributed by atoms with E-state index < -0.39 is 0 Å². The average molecular weight is 209 g/mol. The van der Waals surface area contributed by atoms with Crippen LogP contribution in [0.1, 0.15) is 0 Å². The molecule has 0 aliphatic carbocycles. The van der Waals surface area contributed by atoms with Gasteiger partial charge in [0.15, 0.2) is 5.82 Å². The van der Waals surface area contributed by atoms with Crippen LogP contribution in [-0.2, 0) is 7.05 Å². The van der Waals surface area contributed by atoms with E-state index in [0.29, 0.717) is 10.7 Å². The third kappa shape index (κ3) is 1.44. The first-order chi connectivity index (χ1) is 6.68. The van der Waals surface area contributed by atoms with E-state index in [4.69, 9.17) is 17.3 Å². The molecule has 0 radical (unpaired) electrons. The van der Waals surface area contributed by atoms with Crippen LogP contribution in [0.15, 0.2) is 24.5 Å². The summed E-state index contributed by atoms with van der Waals surface area (Å²) >= 11 is 6.03. The Kier molecular flexibility index (Phi) is 2.13. The van der Waals surface area contributed by atoms with Gasteiger partial charge in [-0.1, -0.05) is 11.6 Å². The number of nitrogen functional groups attached to an aromatic ring is 1. The molecule has 72 valence electrons. The molecule has 4 nitrogen and oxygen atoms in total. The smallest absolute Gasteiger partial charge is 0.159 e. The summed E-state index contributed by atoms with van der Waals surface area (Å²) in [5, 5.41) is 4.56. The predicted molar refractivity (Wildman–Crippen MR) is 55.9 cm³/mol. The van der Waals surface area contributed by atoms with Gasteiger partial charge in [0.25, 0.3) is 0 Å². The van der Waals surface area contributed by atoms with Crippen molar-refractivity contribution >= 4 is 17.3 Å². The van der Waals surface area contributed by atoms with E-state index in [2.05, 4.69) is 10.1 Å². The highest BCUT2D eigenvalue weighted by molar-refractivity contribution is 6.33. The Bertz CT molecular complexity index is 464. The van der Waals surface area contributed by atoms with Crippen molar-refractivity contribution in [2.24, 2.45) is 7.05 Å². The van der Waals surface area contributed by atoms with Gasteiger partial charge in [-0.2, -0.15) is 5.10 Å². The lowest BCUT2D eigenvalue weighted by atomic mass is 10.2. The summed E-state index contributed by atoms with van der Waals surface area (Å²) in [6.45, 7) is 0. The maximum atomic E-state index is 6.03. The topological polar surface area (TPSA) is 56.7 Å². The van der Waals surface area contributed by atoms with Crippen molar-refractivity contribution in [2.75, 3.05) is 5.73 Å². The Morgan fingerprint density at radius 2 is 2.21 bits per heavy atom. The average Bonchev–Trinajstić information content (AvgIpc) is 2.52. The number of anilines is 1. The van der Waals surface area contributed by atoms with Crippen LogP contribution in [-0.4, -0.2) is 14.8 Å². The van der Waals surface area contributed by atoms with Crippen LogP contribution in [0.3, 0.4) is 0 Å². The monoisotopic (exact) mass is 208 g/mol. The molecule has 0 aliphatic heterocycles. The standard InChI is InChI=1S/C9H9ClN4/c1-14-9(12-5-13-14)7-3-2-6(11)4-8(7)10/h2-5H,11H2,1H3. The Hall–Kier alpha value is -1.55. The Morgan fingerprint density at radius 3 is 2.79 bits per heavy atom. The van der Waals surface area contributed by atoms with Gasteiger partial charge < -0.3 is 5.73 Å². The number of hydrogen-bond donors (Lipinski definition) is 1. The molecule has 14 heavy (non-hydrogen) atoms. The lowest BCUT2D eigenvalue weighted by Gasteiger charge is -2.03. The Labute approximate surface area is 86.3 Å². The summed E-state index contributed by atoms with van der Waals surface area (Å²) in [5.74, 6) is 0.731. The van der Waals surface area contributed by atoms with Crippen molar-refractivity contribution in [2.45, 2.75) is 0 Å². The van der Waals surface area contributed by atoms with Crippen molar-refractivity contribution in [3.8, 4) is 11.4 Å². The van der Waals surface area contributed by atoms with Crippen LogP contribution < -0.4 is 5.73 Å². The summed E-state index contributed by atoms with van der Waals surface area (Å²) < 4.78 is 1.66. The number of aryl methyl sites for hydroxylation is 1. The van der Waals surface area contributed by atoms with Crippen LogP contribution in [0.4, 0.5) is 5.69 Å². The number of rotatable bonds is 1. The molecule has 2 N–H and O–H groups in total. The highest BCUT2D eigenvalue weighted by Gasteiger charge is 2.08. The molecule has 0 saturated carbocycles. The zero-order valence-corrected chi connectivity index (χ0v) is 8.36. The molecular weight excluding hydrogens is 200 g/mol. The van der Waals surface area contributed by atoms with Gasteiger partial charge in [-0.15, -0.1) is 0 Å². The van der Waals surface area contributed by atoms with Crippen molar-refractivity contribution in [1.29, 1.82) is 0 Å². The highest BCUT2D eigenvalue weighted by Crippen LogP contribution is 2.27. The quantitative estimate of drug-likeness (QED) is 0.726. The van der Waals surface area contributed by atoms with E-state index in [1.165, 1.54) is 6.33 Å². The maximum absolute atomic E-state index is 6.03. The third-order valence-corrected chi connectivity index (χ3v) is 2.26. The number of nitrogens with zero attached hydrogens (tertiary/aromatic N) is 3. The lowest BCUT2D eigenvalue weighted by Crippen LogP contribution is -1.95. The van der Waals surface area contributed by atoms with E-state index >= 15 is 0 Å². The van der Waals surface area contributed by atoms with Gasteiger partial charge in [0, 0.05) is 18.3 Å². The molecule has 0 unspecified atom stereocenters. The minimum atomic E-state index is 0.584. The second kappa shape index (κ2) is 3.31. The highest BCUT2D eigenvalue weighted by atomic mass is 35.5. The number of hydrogen-bond acceptors (Lipinski definition) is 3. The number of benzene rings is 1. The van der Waals surface area contributed by atoms with Gasteiger partial charge in [0.1, 0.15) is 6.33 Å². The van der Waals surface area contributed by atoms with Gasteiger partial charge in [0.05, 0.1) is 5.02 Å². The van der Waals surface area contributed by atoms with Gasteiger partial charge >= 0.3 is 0 Å². The molecule has 2 aromatic rings. The van der Waals surface area contributed by atoms with Crippen LogP contribution in [0.5, 0.6) is 0 Å². The molecule has 0 bridgehead atoms. The van der Waals surface area contributed by atoms with E-state index in [9.17, 15) is 0 Å². The second-order valence-corrected chi connectivity index (χ2v) is 3.35. The molecule has 0 aliphatic rings. The zero-order valence-electron chi connectivity index (χ0n) is 7.61. The van der Waals surface area contributed by atoms with E-state index in [-0.39, 0.29) is 0 Å². The van der Waals surface area contributed by atoms with Crippen molar-refractivity contribution < 1.29 is 0 Å². The maximum Gasteiger partial charge on any atom is 0.159 e. The minimum absolute atomic E-state index is 0.584. The fraction of sp³-hybridized carbons (Fsp3) is 0.111. The minimum Gasteiger partial charge on any atom is -0.399 e. The molecule has 1 aromatic carbocycles. The fourth-order valence-corrected chi connectivity index (χ4v) is 1.53. The summed E-state index contributed by atoms with van der Waals surface area (Å²) in [5.41, 5.74) is 7.07. The van der Waals surface area contributed by atoms with E-state index in [0.717, 1.165) is 11.4 Å². The molecule has 0 amide bonds. The molecule has 0 fully saturated rings. The molecular formula is C9H9ClN4. The van der Waals surface area contributed by atoms with Crippen molar-refractivity contribution in [1.82, 2.24) is 14.8 Å². The van der Waals surface area contributed by atoms with Gasteiger partial charge in [-0.05, 0) is 18.2 Å². The first kappa shape index (κ1) is 9.02. The van der Waals surface area contributed by atoms with Crippen LogP contribution in [0.2, 0.25) is 5.02 Å². The van der Waals surface area contributed by atoms with Gasteiger partial charge in [0.2, 0.25) is 0 Å². The van der Waals surface area contributed by atoms with Gasteiger partial charge in [-0.3, -0.25) is 0 Å². The molecule has 0 atom stereocenters. The fourth-order valence-electron chi connectivity index (χ4n) is 1.25. The van der Waals surface area contributed by atoms with Crippen LogP contribution in [0.25, 0.3) is 11.4 Å². The molecule has 1 aromatic heterocycles. The van der Waals surface area contributed by atoms with E-state index in [1.54, 1.807) is 16.8 Å². The molecule has 0 spiro atoms. The summed E-state index contributed by atoms with van der Waals surface area (Å²) in [4.78, 5) is 4.10. The first-order valence-corrected chi connectivity index (χ1v) is 4.45. The molecule has 1 heterocycles. The van der Waals surface area contributed by atoms with Crippen molar-refractivity contribution in [3.05, 3.63) is 29.5 Å². The predicted octanol–water partition coefficient (Wildman–Crippen LogP) is 1.72. The Balaban J connectivity index is 2.58. The second-order valence-electron chi connectivity index (χ2n) is 2.95. The lowest BCUT2D eigenvalue weighted by molar-refractivity contribution is 0.774. The van der Waals surface area contributed by atoms with Crippen LogP contribution in [0, 0.1) is 0 Å². The van der Waals surface area contributed by atoms with Crippen molar-refractivity contribution in [3.63, 3.8) is 0 Å². The molecule has 0 saturated heterocycles.